The van der Waals surface area contributed by atoms with E-state index in [0.29, 0.717) is 17.9 Å². The maximum Gasteiger partial charge on any atom is 0.330 e. The maximum atomic E-state index is 11.9. The Bertz CT molecular complexity index is 567. The molecule has 21 heavy (non-hydrogen) atoms. The van der Waals surface area contributed by atoms with Crippen molar-refractivity contribution in [2.75, 3.05) is 11.5 Å². The number of carboxylic acids is 1. The summed E-state index contributed by atoms with van der Waals surface area (Å²) in [7, 11) is 0. The molecule has 1 aromatic heterocycles. The van der Waals surface area contributed by atoms with Crippen molar-refractivity contribution < 1.29 is 19.6 Å². The Morgan fingerprint density at radius 2 is 2.38 bits per heavy atom. The Hall–Kier alpha value is -2.10. The summed E-state index contributed by atoms with van der Waals surface area (Å²) in [5, 5.41) is 26.1. The lowest BCUT2D eigenvalue weighted by Gasteiger charge is -2.24. The van der Waals surface area contributed by atoms with E-state index >= 15 is 0 Å². The van der Waals surface area contributed by atoms with Crippen LogP contribution in [-0.2, 0) is 16.1 Å². The molecule has 2 N–H and O–H groups in total. The van der Waals surface area contributed by atoms with Crippen LogP contribution in [-0.4, -0.2) is 48.7 Å². The van der Waals surface area contributed by atoms with E-state index in [1.807, 2.05) is 0 Å². The van der Waals surface area contributed by atoms with Crippen molar-refractivity contribution in [3.8, 4) is 0 Å². The number of aryl methyl sites for hydroxylation is 1. The third-order valence-corrected chi connectivity index (χ3v) is 4.40. The average Bonchev–Trinajstić information content (AvgIpc) is 3.05. The molecular weight excluding hydrogens is 300 g/mol. The first-order valence-electron chi connectivity index (χ1n) is 6.22. The van der Waals surface area contributed by atoms with Gasteiger partial charge in [0.2, 0.25) is 5.91 Å². The topological polar surface area (TPSA) is 127 Å². The number of carbonyl (C=O) groups excluding carboxylic acids is 1. The minimum atomic E-state index is -1.20. The Morgan fingerprint density at radius 1 is 1.62 bits per heavy atom. The highest BCUT2D eigenvalue weighted by Crippen LogP contribution is 2.28. The van der Waals surface area contributed by atoms with Crippen molar-refractivity contribution in [1.82, 2.24) is 15.1 Å². The molecule has 0 spiro atoms. The van der Waals surface area contributed by atoms with E-state index in [1.54, 1.807) is 0 Å². The molecule has 1 unspecified atom stereocenters. The second-order valence-corrected chi connectivity index (χ2v) is 5.81. The molecule has 1 aliphatic heterocycles. The van der Waals surface area contributed by atoms with Crippen LogP contribution in [0.4, 0.5) is 5.69 Å². The monoisotopic (exact) mass is 314 g/mol. The van der Waals surface area contributed by atoms with Gasteiger partial charge in [-0.25, -0.2) is 4.79 Å². The van der Waals surface area contributed by atoms with Crippen LogP contribution < -0.4 is 5.32 Å². The van der Waals surface area contributed by atoms with E-state index in [4.69, 9.17) is 0 Å². The fourth-order valence-corrected chi connectivity index (χ4v) is 3.33. The van der Waals surface area contributed by atoms with E-state index in [-0.39, 0.29) is 18.7 Å². The highest BCUT2D eigenvalue weighted by molar-refractivity contribution is 7.99. The molecule has 0 saturated carbocycles. The van der Waals surface area contributed by atoms with Crippen LogP contribution in [0.2, 0.25) is 0 Å². The second-order valence-electron chi connectivity index (χ2n) is 4.71. The summed E-state index contributed by atoms with van der Waals surface area (Å²) < 4.78 is 1.29. The molecule has 2 heterocycles. The number of thioether (sulfide) groups is 1. The van der Waals surface area contributed by atoms with Gasteiger partial charge in [-0.05, 0) is 12.2 Å². The quantitative estimate of drug-likeness (QED) is 0.569. The first-order chi connectivity index (χ1) is 9.93. The number of hydrogen-bond acceptors (Lipinski definition) is 6. The van der Waals surface area contributed by atoms with Crippen LogP contribution in [0.5, 0.6) is 0 Å². The first-order valence-corrected chi connectivity index (χ1v) is 7.37. The highest BCUT2D eigenvalue weighted by atomic mass is 32.2. The summed E-state index contributed by atoms with van der Waals surface area (Å²) in [5.74, 6) is -0.396. The molecule has 0 bridgehead atoms. The van der Waals surface area contributed by atoms with Crippen LogP contribution in [0.1, 0.15) is 12.8 Å². The van der Waals surface area contributed by atoms with Crippen molar-refractivity contribution >= 4 is 29.3 Å². The molecule has 0 aliphatic carbocycles. The largest absolute Gasteiger partial charge is 0.479 e. The maximum absolute atomic E-state index is 11.9. The number of aromatic nitrogens is 2. The Kier molecular flexibility index (Phi) is 4.46. The summed E-state index contributed by atoms with van der Waals surface area (Å²) in [6.07, 6.45) is 2.74. The van der Waals surface area contributed by atoms with Gasteiger partial charge in [0.1, 0.15) is 17.9 Å². The average molecular weight is 314 g/mol. The van der Waals surface area contributed by atoms with Crippen molar-refractivity contribution in [2.45, 2.75) is 24.9 Å². The summed E-state index contributed by atoms with van der Waals surface area (Å²) in [6.45, 7) is 0.155. The lowest BCUT2D eigenvalue weighted by molar-refractivity contribution is -0.385. The molecule has 2 rings (SSSR count). The number of nitrogens with one attached hydrogen (secondary N) is 1. The van der Waals surface area contributed by atoms with Gasteiger partial charge in [-0.1, -0.05) is 0 Å². The summed E-state index contributed by atoms with van der Waals surface area (Å²) in [6, 6.07) is 0. The molecular formula is C11H14N4O5S. The van der Waals surface area contributed by atoms with E-state index < -0.39 is 22.3 Å². The highest BCUT2D eigenvalue weighted by Gasteiger charge is 2.43. The van der Waals surface area contributed by atoms with Crippen LogP contribution in [0, 0.1) is 10.1 Å². The Labute approximate surface area is 123 Å². The van der Waals surface area contributed by atoms with Crippen molar-refractivity contribution in [3.05, 3.63) is 22.5 Å². The lowest BCUT2D eigenvalue weighted by atomic mass is 9.99. The van der Waals surface area contributed by atoms with Gasteiger partial charge in [-0.2, -0.15) is 16.9 Å². The Balaban J connectivity index is 1.89. The van der Waals surface area contributed by atoms with Gasteiger partial charge in [0.05, 0.1) is 4.92 Å². The SMILES string of the molecule is O=C(CCn1cc([N+](=O)[O-])cn1)NC1(C(=O)O)CCSC1. The summed E-state index contributed by atoms with van der Waals surface area (Å²) in [4.78, 5) is 33.1. The normalized spacial score (nSPS) is 21.1. The summed E-state index contributed by atoms with van der Waals surface area (Å²) >= 11 is 1.48. The van der Waals surface area contributed by atoms with Gasteiger partial charge in [0, 0.05) is 18.7 Å². The van der Waals surface area contributed by atoms with Gasteiger partial charge in [-0.15, -0.1) is 0 Å². The van der Waals surface area contributed by atoms with Gasteiger partial charge in [0.15, 0.2) is 0 Å². The van der Waals surface area contributed by atoms with E-state index in [1.165, 1.54) is 22.6 Å². The fraction of sp³-hybridized carbons (Fsp3) is 0.545. The standard InChI is InChI=1S/C11H14N4O5S/c16-9(13-11(10(17)18)2-4-21-7-11)1-3-14-6-8(5-12-14)15(19)20/h5-6H,1-4,7H2,(H,13,16)(H,17,18). The third kappa shape index (κ3) is 3.51. The molecule has 114 valence electrons. The zero-order valence-corrected chi connectivity index (χ0v) is 11.8. The lowest BCUT2D eigenvalue weighted by Crippen LogP contribution is -2.54. The first kappa shape index (κ1) is 15.3. The molecule has 0 aromatic carbocycles. The minimum absolute atomic E-state index is 0.0124. The molecule has 1 atom stereocenters. The van der Waals surface area contributed by atoms with Gasteiger partial charge in [-0.3, -0.25) is 19.6 Å². The molecule has 10 heteroatoms. The van der Waals surface area contributed by atoms with Gasteiger partial charge < -0.3 is 10.4 Å². The molecule has 0 radical (unpaired) electrons. The number of carbonyl (C=O) groups is 2. The van der Waals surface area contributed by atoms with Crippen molar-refractivity contribution in [2.24, 2.45) is 0 Å². The number of nitro groups is 1. The van der Waals surface area contributed by atoms with E-state index in [2.05, 4.69) is 10.4 Å². The molecule has 9 nitrogen and oxygen atoms in total. The summed E-state index contributed by atoms with van der Waals surface area (Å²) in [5.41, 5.74) is -1.35. The Morgan fingerprint density at radius 3 is 2.90 bits per heavy atom. The van der Waals surface area contributed by atoms with Crippen LogP contribution in [0.15, 0.2) is 12.4 Å². The number of amides is 1. The number of nitrogens with zero attached hydrogens (tertiary/aromatic N) is 3. The van der Waals surface area contributed by atoms with Crippen LogP contribution in [0.3, 0.4) is 0 Å². The fourth-order valence-electron chi connectivity index (χ4n) is 2.00. The predicted molar refractivity (Wildman–Crippen MR) is 73.9 cm³/mol. The number of rotatable bonds is 6. The molecule has 1 saturated heterocycles. The third-order valence-electron chi connectivity index (χ3n) is 3.21. The minimum Gasteiger partial charge on any atom is -0.479 e. The molecule has 1 amide bonds. The second kappa shape index (κ2) is 6.12. The number of aliphatic carboxylic acids is 1. The number of hydrogen-bond donors (Lipinski definition) is 2. The van der Waals surface area contributed by atoms with Crippen molar-refractivity contribution in [1.29, 1.82) is 0 Å². The zero-order chi connectivity index (χ0) is 15.5. The van der Waals surface area contributed by atoms with Crippen LogP contribution >= 0.6 is 11.8 Å². The van der Waals surface area contributed by atoms with Gasteiger partial charge in [0.25, 0.3) is 0 Å². The number of carboxylic acid groups (broad SMARTS) is 1. The predicted octanol–water partition coefficient (Wildman–Crippen LogP) is 0.258. The van der Waals surface area contributed by atoms with Crippen molar-refractivity contribution in [3.63, 3.8) is 0 Å². The van der Waals surface area contributed by atoms with E-state index in [9.17, 15) is 24.8 Å². The van der Waals surface area contributed by atoms with Gasteiger partial charge >= 0.3 is 11.7 Å². The zero-order valence-electron chi connectivity index (χ0n) is 11.0. The molecule has 1 aromatic rings. The van der Waals surface area contributed by atoms with Crippen LogP contribution in [0.25, 0.3) is 0 Å². The molecule has 1 aliphatic rings. The smallest absolute Gasteiger partial charge is 0.330 e. The molecule has 1 fully saturated rings. The van der Waals surface area contributed by atoms with E-state index in [0.717, 1.165) is 6.20 Å².